The minimum atomic E-state index is -0.907. The monoisotopic (exact) mass is 301 g/mol. The Morgan fingerprint density at radius 2 is 1.10 bits per heavy atom. The fourth-order valence-electron chi connectivity index (χ4n) is 2.22. The van der Waals surface area contributed by atoms with E-state index in [1.165, 1.54) is 70.9 Å². The zero-order valence-electron chi connectivity index (χ0n) is 14.8. The Morgan fingerprint density at radius 3 is 1.38 bits per heavy atom. The Hall–Kier alpha value is -0.570. The molecule has 0 aliphatic heterocycles. The van der Waals surface area contributed by atoms with Gasteiger partial charge in [0.05, 0.1) is 13.1 Å². The summed E-state index contributed by atoms with van der Waals surface area (Å²) in [6, 6.07) is 0. The molecule has 0 spiro atoms. The van der Waals surface area contributed by atoms with Gasteiger partial charge in [-0.2, -0.15) is 0 Å². The molecular formula is C18H39NO2. The van der Waals surface area contributed by atoms with E-state index < -0.39 is 5.97 Å². The first kappa shape index (κ1) is 22.7. The van der Waals surface area contributed by atoms with Crippen LogP contribution in [0.5, 0.6) is 0 Å². The molecule has 3 nitrogen and oxygen atoms in total. The van der Waals surface area contributed by atoms with Gasteiger partial charge in [-0.15, -0.1) is 0 Å². The second-order valence-electron chi connectivity index (χ2n) is 5.76. The predicted molar refractivity (Wildman–Crippen MR) is 89.1 cm³/mol. The largest absolute Gasteiger partial charge is 0.550 e. The molecule has 0 aromatic carbocycles. The van der Waals surface area contributed by atoms with Crippen LogP contribution in [-0.2, 0) is 4.79 Å². The SMILES string of the molecule is CCCCCCCCCCCCCC(=O)[O-].CC[NH2+]CC. The van der Waals surface area contributed by atoms with Crippen molar-refractivity contribution < 1.29 is 15.2 Å². The lowest BCUT2D eigenvalue weighted by atomic mass is 10.1. The maximum atomic E-state index is 10.1. The minimum absolute atomic E-state index is 0.233. The highest BCUT2D eigenvalue weighted by Crippen LogP contribution is 2.11. The third kappa shape index (κ3) is 28.3. The molecule has 0 saturated heterocycles. The zero-order chi connectivity index (χ0) is 16.2. The van der Waals surface area contributed by atoms with Crippen molar-refractivity contribution in [2.45, 2.75) is 97.8 Å². The van der Waals surface area contributed by atoms with Gasteiger partial charge in [-0.1, -0.05) is 71.1 Å². The van der Waals surface area contributed by atoms with Gasteiger partial charge in [0.1, 0.15) is 0 Å². The fourth-order valence-corrected chi connectivity index (χ4v) is 2.22. The standard InChI is InChI=1S/C14H28O2.C4H11N/c1-2-3-4-5-6-7-8-9-10-11-12-13-14(15)16;1-3-5-4-2/h2-13H2,1H3,(H,15,16);5H,3-4H2,1-2H3. The van der Waals surface area contributed by atoms with Gasteiger partial charge < -0.3 is 15.2 Å². The Bertz CT molecular complexity index is 194. The third-order valence-electron chi connectivity index (χ3n) is 3.56. The van der Waals surface area contributed by atoms with E-state index in [-0.39, 0.29) is 6.42 Å². The van der Waals surface area contributed by atoms with Crippen molar-refractivity contribution in [3.8, 4) is 0 Å². The minimum Gasteiger partial charge on any atom is -0.550 e. The predicted octanol–water partition coefficient (Wildman–Crippen LogP) is 3.03. The van der Waals surface area contributed by atoms with Crippen LogP contribution in [-0.4, -0.2) is 19.1 Å². The number of quaternary nitrogens is 1. The number of hydrogen-bond acceptors (Lipinski definition) is 2. The van der Waals surface area contributed by atoms with Crippen LogP contribution in [0.4, 0.5) is 0 Å². The lowest BCUT2D eigenvalue weighted by Gasteiger charge is -2.03. The molecule has 0 fully saturated rings. The van der Waals surface area contributed by atoms with Crippen molar-refractivity contribution in [1.82, 2.24) is 0 Å². The van der Waals surface area contributed by atoms with Crippen molar-refractivity contribution in [2.24, 2.45) is 0 Å². The maximum Gasteiger partial charge on any atom is 0.0726 e. The summed E-state index contributed by atoms with van der Waals surface area (Å²) in [5, 5.41) is 12.4. The molecule has 2 N–H and O–H groups in total. The molecular weight excluding hydrogens is 262 g/mol. The van der Waals surface area contributed by atoms with Crippen molar-refractivity contribution in [1.29, 1.82) is 0 Å². The van der Waals surface area contributed by atoms with Crippen LogP contribution in [0.3, 0.4) is 0 Å². The van der Waals surface area contributed by atoms with Crippen molar-refractivity contribution >= 4 is 5.97 Å². The number of carboxylic acids is 1. The molecule has 3 heteroatoms. The first-order valence-electron chi connectivity index (χ1n) is 9.20. The van der Waals surface area contributed by atoms with Gasteiger partial charge in [-0.05, 0) is 26.7 Å². The van der Waals surface area contributed by atoms with E-state index in [9.17, 15) is 9.90 Å². The van der Waals surface area contributed by atoms with Gasteiger partial charge >= 0.3 is 0 Å². The number of carboxylic acid groups (broad SMARTS) is 1. The summed E-state index contributed by atoms with van der Waals surface area (Å²) in [6.07, 6.45) is 14.0. The highest BCUT2D eigenvalue weighted by Gasteiger charge is 1.93. The summed E-state index contributed by atoms with van der Waals surface area (Å²) >= 11 is 0. The van der Waals surface area contributed by atoms with Crippen molar-refractivity contribution in [3.63, 3.8) is 0 Å². The van der Waals surface area contributed by atoms with Crippen LogP contribution >= 0.6 is 0 Å². The van der Waals surface area contributed by atoms with Crippen LogP contribution in [0, 0.1) is 0 Å². The lowest BCUT2D eigenvalue weighted by molar-refractivity contribution is -0.648. The van der Waals surface area contributed by atoms with Crippen molar-refractivity contribution in [2.75, 3.05) is 13.1 Å². The maximum absolute atomic E-state index is 10.1. The average Bonchev–Trinajstić information content (AvgIpc) is 2.46. The van der Waals surface area contributed by atoms with Crippen molar-refractivity contribution in [3.05, 3.63) is 0 Å². The molecule has 0 unspecified atom stereocenters. The van der Waals surface area contributed by atoms with Crippen LogP contribution < -0.4 is 10.4 Å². The molecule has 0 aliphatic rings. The highest BCUT2D eigenvalue weighted by molar-refractivity contribution is 5.63. The summed E-state index contributed by atoms with van der Waals surface area (Å²) in [5.74, 6) is -0.907. The van der Waals surface area contributed by atoms with E-state index in [0.717, 1.165) is 12.8 Å². The number of carbonyl (C=O) groups excluding carboxylic acids is 1. The van der Waals surface area contributed by atoms with E-state index >= 15 is 0 Å². The van der Waals surface area contributed by atoms with Crippen LogP contribution in [0.25, 0.3) is 0 Å². The number of rotatable bonds is 14. The molecule has 0 aliphatic carbocycles. The van der Waals surface area contributed by atoms with Gasteiger partial charge in [-0.25, -0.2) is 0 Å². The van der Waals surface area contributed by atoms with Gasteiger partial charge in [0, 0.05) is 5.97 Å². The van der Waals surface area contributed by atoms with E-state index in [1.54, 1.807) is 0 Å². The molecule has 0 rings (SSSR count). The zero-order valence-corrected chi connectivity index (χ0v) is 14.8. The third-order valence-corrected chi connectivity index (χ3v) is 3.56. The normalized spacial score (nSPS) is 10.0. The Kier molecular flexibility index (Phi) is 23.5. The second-order valence-corrected chi connectivity index (χ2v) is 5.76. The van der Waals surface area contributed by atoms with Gasteiger partial charge in [0.25, 0.3) is 0 Å². The molecule has 0 aromatic heterocycles. The average molecular weight is 302 g/mol. The Morgan fingerprint density at radius 1 is 0.714 bits per heavy atom. The van der Waals surface area contributed by atoms with E-state index in [4.69, 9.17) is 0 Å². The molecule has 128 valence electrons. The first-order valence-corrected chi connectivity index (χ1v) is 9.20. The van der Waals surface area contributed by atoms with E-state index in [2.05, 4.69) is 26.1 Å². The molecule has 0 bridgehead atoms. The number of unbranched alkanes of at least 4 members (excludes halogenated alkanes) is 10. The lowest BCUT2D eigenvalue weighted by Crippen LogP contribution is -2.82. The summed E-state index contributed by atoms with van der Waals surface area (Å²) in [6.45, 7) is 8.99. The molecule has 0 saturated carbocycles. The molecule has 21 heavy (non-hydrogen) atoms. The summed E-state index contributed by atoms with van der Waals surface area (Å²) in [7, 11) is 0. The Balaban J connectivity index is 0. The molecule has 0 heterocycles. The molecule has 0 amide bonds. The van der Waals surface area contributed by atoms with Gasteiger partial charge in [0.15, 0.2) is 0 Å². The Labute approximate surface area is 132 Å². The van der Waals surface area contributed by atoms with Gasteiger partial charge in [-0.3, -0.25) is 0 Å². The second kappa shape index (κ2) is 21.7. The highest BCUT2D eigenvalue weighted by atomic mass is 16.4. The van der Waals surface area contributed by atoms with E-state index in [0.29, 0.717) is 0 Å². The molecule has 0 aromatic rings. The number of aliphatic carboxylic acids is 1. The summed E-state index contributed by atoms with van der Waals surface area (Å²) < 4.78 is 0. The number of hydrogen-bond donors (Lipinski definition) is 1. The van der Waals surface area contributed by atoms with Gasteiger partial charge in [0.2, 0.25) is 0 Å². The van der Waals surface area contributed by atoms with Crippen LogP contribution in [0.15, 0.2) is 0 Å². The topological polar surface area (TPSA) is 56.7 Å². The van der Waals surface area contributed by atoms with Crippen LogP contribution in [0.1, 0.15) is 97.8 Å². The number of carbonyl (C=O) groups is 1. The number of nitrogens with two attached hydrogens (primary N) is 1. The molecule has 0 atom stereocenters. The first-order chi connectivity index (χ1) is 10.2. The quantitative estimate of drug-likeness (QED) is 0.501. The summed E-state index contributed by atoms with van der Waals surface area (Å²) in [4.78, 5) is 10.1. The van der Waals surface area contributed by atoms with Crippen LogP contribution in [0.2, 0.25) is 0 Å². The smallest absolute Gasteiger partial charge is 0.0726 e. The van der Waals surface area contributed by atoms with E-state index in [1.807, 2.05) is 0 Å². The molecule has 0 radical (unpaired) electrons. The fraction of sp³-hybridized carbons (Fsp3) is 0.944. The summed E-state index contributed by atoms with van der Waals surface area (Å²) in [5.41, 5.74) is 0.